The van der Waals surface area contributed by atoms with Gasteiger partial charge < -0.3 is 10.0 Å². The third-order valence-electron chi connectivity index (χ3n) is 4.37. The van der Waals surface area contributed by atoms with E-state index in [0.717, 1.165) is 23.9 Å². The summed E-state index contributed by atoms with van der Waals surface area (Å²) in [7, 11) is -3.39. The summed E-state index contributed by atoms with van der Waals surface area (Å²) in [5.41, 5.74) is -1.09. The van der Waals surface area contributed by atoms with Crippen LogP contribution >= 0.6 is 23.4 Å². The Morgan fingerprint density at radius 1 is 1.28 bits per heavy atom. The number of thioether (sulfide) groups is 1. The number of carboxylic acid groups (broad SMARTS) is 1. The second kappa shape index (κ2) is 7.80. The van der Waals surface area contributed by atoms with Gasteiger partial charge in [-0.2, -0.15) is 18.2 Å². The highest BCUT2D eigenvalue weighted by molar-refractivity contribution is 8.16. The molecule has 0 aliphatic carbocycles. The largest absolute Gasteiger partial charge is 0.481 e. The van der Waals surface area contributed by atoms with Gasteiger partial charge in [-0.15, -0.1) is 0 Å². The van der Waals surface area contributed by atoms with Crippen molar-refractivity contribution >= 4 is 55.9 Å². The van der Waals surface area contributed by atoms with E-state index in [1.807, 2.05) is 0 Å². The van der Waals surface area contributed by atoms with Gasteiger partial charge in [0, 0.05) is 17.4 Å². The Morgan fingerprint density at radius 2 is 1.97 bits per heavy atom. The molecule has 2 aliphatic heterocycles. The van der Waals surface area contributed by atoms with Crippen LogP contribution in [0, 0.1) is 0 Å². The number of aliphatic carboxylic acids is 1. The molecule has 29 heavy (non-hydrogen) atoms. The van der Waals surface area contributed by atoms with E-state index in [1.165, 1.54) is 11.0 Å². The summed E-state index contributed by atoms with van der Waals surface area (Å²) in [6.07, 6.45) is -5.55. The smallest absolute Gasteiger partial charge is 0.417 e. The molecule has 0 unspecified atom stereocenters. The van der Waals surface area contributed by atoms with Crippen molar-refractivity contribution in [3.8, 4) is 0 Å². The fraction of sp³-hybridized carbons (Fsp3) is 0.438. The topological polar surface area (TPSA) is 104 Å². The molecule has 3 rings (SSSR count). The molecule has 0 aromatic heterocycles. The van der Waals surface area contributed by atoms with E-state index in [-0.39, 0.29) is 28.8 Å². The minimum Gasteiger partial charge on any atom is -0.481 e. The lowest BCUT2D eigenvalue weighted by molar-refractivity contribution is -0.138. The highest BCUT2D eigenvalue weighted by Gasteiger charge is 2.49. The summed E-state index contributed by atoms with van der Waals surface area (Å²) < 4.78 is 63.7. The first-order valence-corrected chi connectivity index (χ1v) is 11.3. The number of aliphatic imine (C=N–C) groups is 1. The number of anilines is 1. The summed E-state index contributed by atoms with van der Waals surface area (Å²) in [4.78, 5) is 27.8. The number of benzene rings is 1. The molecule has 1 aromatic carbocycles. The molecule has 1 amide bonds. The monoisotopic (exact) mass is 470 g/mol. The number of carboxylic acids is 1. The van der Waals surface area contributed by atoms with Crippen LogP contribution in [0.2, 0.25) is 5.02 Å². The summed E-state index contributed by atoms with van der Waals surface area (Å²) in [5.74, 6) is -2.43. The van der Waals surface area contributed by atoms with Crippen LogP contribution in [-0.2, 0) is 25.6 Å². The number of carbonyl (C=O) groups is 2. The Morgan fingerprint density at radius 3 is 2.59 bits per heavy atom. The Bertz CT molecular complexity index is 997. The van der Waals surface area contributed by atoms with Gasteiger partial charge in [0.2, 0.25) is 5.91 Å². The summed E-state index contributed by atoms with van der Waals surface area (Å²) >= 11 is 6.64. The Hall–Kier alpha value is -1.79. The van der Waals surface area contributed by atoms with Crippen LogP contribution in [0.1, 0.15) is 18.4 Å². The van der Waals surface area contributed by atoms with Gasteiger partial charge in [0.25, 0.3) is 0 Å². The number of alkyl halides is 3. The zero-order valence-corrected chi connectivity index (χ0v) is 16.9. The van der Waals surface area contributed by atoms with E-state index < -0.39 is 56.2 Å². The quantitative estimate of drug-likeness (QED) is 0.721. The third-order valence-corrected chi connectivity index (χ3v) is 7.91. The summed E-state index contributed by atoms with van der Waals surface area (Å²) in [6.45, 7) is 0. The van der Waals surface area contributed by atoms with Crippen molar-refractivity contribution in [2.45, 2.75) is 30.3 Å². The standard InChI is InChI=1S/C16H14ClF3N2O5S2/c17-10-2-1-8(5-9(10)16(18,19)20)22-11-6-29(26,27)7-12(11)28-15(22)21-13(23)3-4-14(24)25/h1-2,5,11-12H,3-4,6-7H2,(H,24,25)/t11-,12+/m0/s1. The number of halogens is 4. The molecule has 0 radical (unpaired) electrons. The van der Waals surface area contributed by atoms with E-state index in [2.05, 4.69) is 4.99 Å². The molecule has 1 N–H and O–H groups in total. The van der Waals surface area contributed by atoms with Gasteiger partial charge in [-0.1, -0.05) is 23.4 Å². The van der Waals surface area contributed by atoms with Crippen LogP contribution in [0.5, 0.6) is 0 Å². The molecular formula is C16H14ClF3N2O5S2. The Labute approximate surface area is 172 Å². The highest BCUT2D eigenvalue weighted by Crippen LogP contribution is 2.43. The van der Waals surface area contributed by atoms with Crippen molar-refractivity contribution in [1.82, 2.24) is 0 Å². The molecule has 1 aromatic rings. The summed E-state index contributed by atoms with van der Waals surface area (Å²) in [6, 6.07) is 2.43. The van der Waals surface area contributed by atoms with Gasteiger partial charge in [-0.3, -0.25) is 9.59 Å². The Balaban J connectivity index is 2.01. The lowest BCUT2D eigenvalue weighted by Gasteiger charge is -2.25. The predicted molar refractivity (Wildman–Crippen MR) is 102 cm³/mol. The number of amidine groups is 1. The first-order chi connectivity index (χ1) is 13.4. The highest BCUT2D eigenvalue weighted by atomic mass is 35.5. The van der Waals surface area contributed by atoms with Gasteiger partial charge in [0.05, 0.1) is 34.6 Å². The molecule has 2 saturated heterocycles. The molecule has 2 heterocycles. The Kier molecular flexibility index (Phi) is 5.89. The number of hydrogen-bond donors (Lipinski definition) is 1. The molecule has 2 fully saturated rings. The maximum atomic E-state index is 13.2. The fourth-order valence-corrected chi connectivity index (χ4v) is 7.28. The number of sulfone groups is 1. The maximum Gasteiger partial charge on any atom is 0.417 e. The van der Waals surface area contributed by atoms with Crippen molar-refractivity contribution < 1.29 is 36.3 Å². The number of fused-ring (bicyclic) bond motifs is 1. The van der Waals surface area contributed by atoms with Crippen LogP contribution < -0.4 is 4.90 Å². The van der Waals surface area contributed by atoms with Crippen molar-refractivity contribution in [3.63, 3.8) is 0 Å². The minimum absolute atomic E-state index is 0.00334. The van der Waals surface area contributed by atoms with Gasteiger partial charge in [-0.05, 0) is 18.2 Å². The molecule has 2 aliphatic rings. The molecule has 0 saturated carbocycles. The second-order valence-corrected chi connectivity index (χ2v) is 10.3. The molecule has 0 spiro atoms. The number of nitrogens with zero attached hydrogens (tertiary/aromatic N) is 2. The zero-order chi connectivity index (χ0) is 21.6. The number of carbonyl (C=O) groups excluding carboxylic acids is 1. The van der Waals surface area contributed by atoms with E-state index in [4.69, 9.17) is 16.7 Å². The molecule has 158 valence electrons. The normalized spacial score (nSPS) is 24.7. The second-order valence-electron chi connectivity index (χ2n) is 6.51. The first kappa shape index (κ1) is 21.9. The van der Waals surface area contributed by atoms with E-state index >= 15 is 0 Å². The first-order valence-electron chi connectivity index (χ1n) is 8.24. The van der Waals surface area contributed by atoms with Gasteiger partial charge >= 0.3 is 12.1 Å². The van der Waals surface area contributed by atoms with Crippen molar-refractivity contribution in [2.75, 3.05) is 16.4 Å². The molecule has 0 bridgehead atoms. The van der Waals surface area contributed by atoms with Gasteiger partial charge in [0.15, 0.2) is 15.0 Å². The lowest BCUT2D eigenvalue weighted by Crippen LogP contribution is -2.37. The molecular weight excluding hydrogens is 457 g/mol. The van der Waals surface area contributed by atoms with E-state index in [0.29, 0.717) is 0 Å². The number of amides is 1. The number of rotatable bonds is 4. The average molecular weight is 471 g/mol. The third kappa shape index (κ3) is 4.86. The van der Waals surface area contributed by atoms with Crippen LogP contribution in [0.3, 0.4) is 0 Å². The van der Waals surface area contributed by atoms with E-state index in [1.54, 1.807) is 0 Å². The SMILES string of the molecule is O=C(O)CCC(=O)N=C1S[C@@H]2CS(=O)(=O)C[C@@H]2N1c1ccc(Cl)c(C(F)(F)F)c1. The minimum atomic E-state index is -4.73. The van der Waals surface area contributed by atoms with Gasteiger partial charge in [-0.25, -0.2) is 8.42 Å². The molecule has 7 nitrogen and oxygen atoms in total. The van der Waals surface area contributed by atoms with Crippen molar-refractivity contribution in [2.24, 2.45) is 4.99 Å². The van der Waals surface area contributed by atoms with Crippen molar-refractivity contribution in [1.29, 1.82) is 0 Å². The van der Waals surface area contributed by atoms with Crippen LogP contribution in [0.25, 0.3) is 0 Å². The predicted octanol–water partition coefficient (Wildman–Crippen LogP) is 2.83. The maximum absolute atomic E-state index is 13.2. The molecule has 13 heteroatoms. The average Bonchev–Trinajstić information content (AvgIpc) is 3.03. The van der Waals surface area contributed by atoms with Crippen LogP contribution in [0.15, 0.2) is 23.2 Å². The zero-order valence-electron chi connectivity index (χ0n) is 14.5. The summed E-state index contributed by atoms with van der Waals surface area (Å²) in [5, 5.41) is 7.70. The fourth-order valence-electron chi connectivity index (χ4n) is 3.12. The molecule has 2 atom stereocenters. The number of hydrogen-bond acceptors (Lipinski definition) is 5. The van der Waals surface area contributed by atoms with Crippen LogP contribution in [-0.4, -0.2) is 53.4 Å². The lowest BCUT2D eigenvalue weighted by atomic mass is 10.1. The van der Waals surface area contributed by atoms with Gasteiger partial charge in [0.1, 0.15) is 0 Å². The van der Waals surface area contributed by atoms with Crippen LogP contribution in [0.4, 0.5) is 18.9 Å². The van der Waals surface area contributed by atoms with E-state index in [9.17, 15) is 31.2 Å². The van der Waals surface area contributed by atoms with Crippen molar-refractivity contribution in [3.05, 3.63) is 28.8 Å².